The third kappa shape index (κ3) is 3.96. The highest BCUT2D eigenvalue weighted by Crippen LogP contribution is 2.19. The standard InChI is InChI=1S/C15H16ClN3O/c1-2-8-18-15(20)14-10-13(7-9-17-14)19-12-5-3-11(16)4-6-12/h3-7,9-10H,2,8H2,1H3,(H,17,19)(H,18,20). The zero-order valence-corrected chi connectivity index (χ0v) is 11.9. The van der Waals surface area contributed by atoms with Crippen LogP contribution in [-0.4, -0.2) is 17.4 Å². The summed E-state index contributed by atoms with van der Waals surface area (Å²) in [4.78, 5) is 15.9. The Morgan fingerprint density at radius 3 is 2.65 bits per heavy atom. The second-order valence-corrected chi connectivity index (χ2v) is 4.75. The fourth-order valence-electron chi connectivity index (χ4n) is 1.66. The average Bonchev–Trinajstić information content (AvgIpc) is 2.47. The molecule has 0 saturated heterocycles. The van der Waals surface area contributed by atoms with E-state index in [-0.39, 0.29) is 5.91 Å². The van der Waals surface area contributed by atoms with Gasteiger partial charge in [-0.05, 0) is 42.8 Å². The van der Waals surface area contributed by atoms with Gasteiger partial charge in [-0.3, -0.25) is 9.78 Å². The summed E-state index contributed by atoms with van der Waals surface area (Å²) in [5.41, 5.74) is 2.11. The zero-order chi connectivity index (χ0) is 14.4. The first-order valence-corrected chi connectivity index (χ1v) is 6.83. The van der Waals surface area contributed by atoms with E-state index in [1.165, 1.54) is 0 Å². The number of aromatic nitrogens is 1. The van der Waals surface area contributed by atoms with Crippen molar-refractivity contribution in [2.45, 2.75) is 13.3 Å². The molecule has 0 bridgehead atoms. The largest absolute Gasteiger partial charge is 0.355 e. The van der Waals surface area contributed by atoms with Crippen molar-refractivity contribution in [3.8, 4) is 0 Å². The lowest BCUT2D eigenvalue weighted by molar-refractivity contribution is 0.0949. The molecule has 0 aliphatic heterocycles. The molecule has 2 rings (SSSR count). The van der Waals surface area contributed by atoms with E-state index in [0.29, 0.717) is 17.3 Å². The Hall–Kier alpha value is -2.07. The molecule has 0 atom stereocenters. The molecule has 1 amide bonds. The topological polar surface area (TPSA) is 54.0 Å². The van der Waals surface area contributed by atoms with E-state index in [1.54, 1.807) is 24.4 Å². The van der Waals surface area contributed by atoms with E-state index in [0.717, 1.165) is 17.8 Å². The summed E-state index contributed by atoms with van der Waals surface area (Å²) < 4.78 is 0. The molecule has 0 fully saturated rings. The number of nitrogens with one attached hydrogen (secondary N) is 2. The molecular weight excluding hydrogens is 274 g/mol. The first kappa shape index (κ1) is 14.3. The minimum absolute atomic E-state index is 0.161. The third-order valence-electron chi connectivity index (χ3n) is 2.66. The van der Waals surface area contributed by atoms with Gasteiger partial charge in [0.2, 0.25) is 0 Å². The van der Waals surface area contributed by atoms with Crippen LogP contribution in [0.1, 0.15) is 23.8 Å². The maximum atomic E-state index is 11.8. The number of halogens is 1. The number of rotatable bonds is 5. The lowest BCUT2D eigenvalue weighted by Crippen LogP contribution is -2.24. The van der Waals surface area contributed by atoms with E-state index in [2.05, 4.69) is 15.6 Å². The third-order valence-corrected chi connectivity index (χ3v) is 2.91. The van der Waals surface area contributed by atoms with Crippen molar-refractivity contribution in [3.63, 3.8) is 0 Å². The Bertz CT molecular complexity index is 584. The summed E-state index contributed by atoms with van der Waals surface area (Å²) in [7, 11) is 0. The number of carbonyl (C=O) groups excluding carboxylic acids is 1. The van der Waals surface area contributed by atoms with Crippen molar-refractivity contribution in [1.29, 1.82) is 0 Å². The van der Waals surface area contributed by atoms with Crippen molar-refractivity contribution in [2.24, 2.45) is 0 Å². The normalized spacial score (nSPS) is 10.1. The Morgan fingerprint density at radius 1 is 1.20 bits per heavy atom. The summed E-state index contributed by atoms with van der Waals surface area (Å²) >= 11 is 5.84. The Labute approximate surface area is 123 Å². The predicted octanol–water partition coefficient (Wildman–Crippen LogP) is 3.62. The number of pyridine rings is 1. The fraction of sp³-hybridized carbons (Fsp3) is 0.200. The molecule has 1 heterocycles. The van der Waals surface area contributed by atoms with Gasteiger partial charge in [-0.15, -0.1) is 0 Å². The van der Waals surface area contributed by atoms with Gasteiger partial charge in [-0.2, -0.15) is 0 Å². The van der Waals surface area contributed by atoms with Crippen molar-refractivity contribution < 1.29 is 4.79 Å². The molecule has 20 heavy (non-hydrogen) atoms. The van der Waals surface area contributed by atoms with Crippen LogP contribution in [-0.2, 0) is 0 Å². The van der Waals surface area contributed by atoms with Gasteiger partial charge in [0.05, 0.1) is 0 Å². The SMILES string of the molecule is CCCNC(=O)c1cc(Nc2ccc(Cl)cc2)ccn1. The zero-order valence-electron chi connectivity index (χ0n) is 11.2. The van der Waals surface area contributed by atoms with Gasteiger partial charge in [-0.25, -0.2) is 0 Å². The molecule has 0 spiro atoms. The number of hydrogen-bond acceptors (Lipinski definition) is 3. The van der Waals surface area contributed by atoms with Crippen LogP contribution in [0.2, 0.25) is 5.02 Å². The highest BCUT2D eigenvalue weighted by Gasteiger charge is 2.06. The summed E-state index contributed by atoms with van der Waals surface area (Å²) in [6.07, 6.45) is 2.51. The summed E-state index contributed by atoms with van der Waals surface area (Å²) in [6, 6.07) is 10.9. The van der Waals surface area contributed by atoms with Crippen LogP contribution >= 0.6 is 11.6 Å². The Morgan fingerprint density at radius 2 is 1.95 bits per heavy atom. The van der Waals surface area contributed by atoms with Gasteiger partial charge in [0, 0.05) is 29.1 Å². The Balaban J connectivity index is 2.09. The molecule has 0 aliphatic carbocycles. The molecule has 2 aromatic rings. The summed E-state index contributed by atoms with van der Waals surface area (Å²) in [6.45, 7) is 2.65. The monoisotopic (exact) mass is 289 g/mol. The quantitative estimate of drug-likeness (QED) is 0.884. The van der Waals surface area contributed by atoms with E-state index in [1.807, 2.05) is 25.1 Å². The number of amides is 1. The summed E-state index contributed by atoms with van der Waals surface area (Å²) in [5, 5.41) is 6.69. The molecular formula is C15H16ClN3O. The lowest BCUT2D eigenvalue weighted by Gasteiger charge is -2.08. The second kappa shape index (κ2) is 6.91. The van der Waals surface area contributed by atoms with Gasteiger partial charge in [0.15, 0.2) is 0 Å². The highest BCUT2D eigenvalue weighted by molar-refractivity contribution is 6.30. The number of carbonyl (C=O) groups is 1. The first-order valence-electron chi connectivity index (χ1n) is 6.46. The smallest absolute Gasteiger partial charge is 0.269 e. The van der Waals surface area contributed by atoms with Crippen LogP contribution in [0.3, 0.4) is 0 Å². The van der Waals surface area contributed by atoms with Gasteiger partial charge in [0.25, 0.3) is 5.91 Å². The van der Waals surface area contributed by atoms with Crippen LogP contribution in [0.25, 0.3) is 0 Å². The fourth-order valence-corrected chi connectivity index (χ4v) is 1.79. The molecule has 1 aromatic heterocycles. The minimum atomic E-state index is -0.161. The number of anilines is 2. The van der Waals surface area contributed by atoms with Crippen LogP contribution in [0.15, 0.2) is 42.6 Å². The Kier molecular flexibility index (Phi) is 4.96. The van der Waals surface area contributed by atoms with Gasteiger partial charge in [0.1, 0.15) is 5.69 Å². The van der Waals surface area contributed by atoms with E-state index < -0.39 is 0 Å². The molecule has 2 N–H and O–H groups in total. The van der Waals surface area contributed by atoms with Crippen LogP contribution < -0.4 is 10.6 Å². The molecule has 0 unspecified atom stereocenters. The van der Waals surface area contributed by atoms with Crippen molar-refractivity contribution in [1.82, 2.24) is 10.3 Å². The van der Waals surface area contributed by atoms with Crippen LogP contribution in [0, 0.1) is 0 Å². The molecule has 0 aliphatic rings. The average molecular weight is 290 g/mol. The minimum Gasteiger partial charge on any atom is -0.355 e. The molecule has 1 aromatic carbocycles. The van der Waals surface area contributed by atoms with Crippen LogP contribution in [0.5, 0.6) is 0 Å². The van der Waals surface area contributed by atoms with E-state index in [9.17, 15) is 4.79 Å². The van der Waals surface area contributed by atoms with Gasteiger partial charge in [-0.1, -0.05) is 18.5 Å². The molecule has 4 nitrogen and oxygen atoms in total. The van der Waals surface area contributed by atoms with Crippen LogP contribution in [0.4, 0.5) is 11.4 Å². The van der Waals surface area contributed by atoms with E-state index in [4.69, 9.17) is 11.6 Å². The molecule has 5 heteroatoms. The highest BCUT2D eigenvalue weighted by atomic mass is 35.5. The maximum Gasteiger partial charge on any atom is 0.269 e. The van der Waals surface area contributed by atoms with Crippen molar-refractivity contribution >= 4 is 28.9 Å². The predicted molar refractivity (Wildman–Crippen MR) is 81.6 cm³/mol. The molecule has 104 valence electrons. The molecule has 0 radical (unpaired) electrons. The first-order chi connectivity index (χ1) is 9.69. The number of nitrogens with zero attached hydrogens (tertiary/aromatic N) is 1. The number of benzene rings is 1. The van der Waals surface area contributed by atoms with E-state index >= 15 is 0 Å². The van der Waals surface area contributed by atoms with Crippen molar-refractivity contribution in [3.05, 3.63) is 53.3 Å². The second-order valence-electron chi connectivity index (χ2n) is 4.32. The van der Waals surface area contributed by atoms with Gasteiger partial charge >= 0.3 is 0 Å². The lowest BCUT2D eigenvalue weighted by atomic mass is 10.2. The van der Waals surface area contributed by atoms with Crippen molar-refractivity contribution in [2.75, 3.05) is 11.9 Å². The number of hydrogen-bond donors (Lipinski definition) is 2. The summed E-state index contributed by atoms with van der Waals surface area (Å²) in [5.74, 6) is -0.161. The molecule has 0 saturated carbocycles. The van der Waals surface area contributed by atoms with Gasteiger partial charge < -0.3 is 10.6 Å². The maximum absolute atomic E-state index is 11.8.